The van der Waals surface area contributed by atoms with Crippen molar-refractivity contribution < 1.29 is 34.2 Å². The number of carboxylic acid groups (broad SMARTS) is 2. The standard InChI is InChI=1S/C13H15NO8/c1-21-10-6-8(13(17)18)9(14(19)20)7-11(10)22-5-3-2-4-12(15)16/h6-7H,2-5H2,1H3,(H,15,16)(H,17,18). The van der Waals surface area contributed by atoms with Crippen LogP contribution < -0.4 is 9.47 Å². The van der Waals surface area contributed by atoms with Crippen LogP contribution >= 0.6 is 0 Å². The average molecular weight is 313 g/mol. The van der Waals surface area contributed by atoms with E-state index < -0.39 is 28.1 Å². The van der Waals surface area contributed by atoms with Crippen molar-refractivity contribution in [3.05, 3.63) is 27.8 Å². The van der Waals surface area contributed by atoms with Gasteiger partial charge in [0.2, 0.25) is 0 Å². The normalized spacial score (nSPS) is 10.0. The highest BCUT2D eigenvalue weighted by molar-refractivity contribution is 5.93. The summed E-state index contributed by atoms with van der Waals surface area (Å²) in [5.41, 5.74) is -1.10. The minimum atomic E-state index is -1.45. The lowest BCUT2D eigenvalue weighted by Gasteiger charge is -2.11. The summed E-state index contributed by atoms with van der Waals surface area (Å²) in [6, 6.07) is 2.01. The van der Waals surface area contributed by atoms with Gasteiger partial charge in [0, 0.05) is 12.5 Å². The van der Waals surface area contributed by atoms with Crippen LogP contribution in [0.5, 0.6) is 11.5 Å². The van der Waals surface area contributed by atoms with Crippen molar-refractivity contribution in [1.29, 1.82) is 0 Å². The maximum atomic E-state index is 11.0. The third-order valence-corrected chi connectivity index (χ3v) is 2.75. The lowest BCUT2D eigenvalue weighted by molar-refractivity contribution is -0.385. The molecule has 120 valence electrons. The molecule has 9 nitrogen and oxygen atoms in total. The monoisotopic (exact) mass is 313 g/mol. The van der Waals surface area contributed by atoms with Crippen molar-refractivity contribution in [1.82, 2.24) is 0 Å². The Morgan fingerprint density at radius 1 is 1.23 bits per heavy atom. The summed E-state index contributed by atoms with van der Waals surface area (Å²) >= 11 is 0. The number of nitro benzene ring substituents is 1. The number of nitro groups is 1. The third-order valence-electron chi connectivity index (χ3n) is 2.75. The molecule has 0 aliphatic carbocycles. The largest absolute Gasteiger partial charge is 0.493 e. The molecule has 0 heterocycles. The molecule has 1 aromatic carbocycles. The number of carboxylic acids is 2. The van der Waals surface area contributed by atoms with E-state index in [-0.39, 0.29) is 24.5 Å². The number of methoxy groups -OCH3 is 1. The Labute approximate surface area is 125 Å². The van der Waals surface area contributed by atoms with Crippen molar-refractivity contribution in [2.75, 3.05) is 13.7 Å². The zero-order valence-electron chi connectivity index (χ0n) is 11.8. The van der Waals surface area contributed by atoms with E-state index in [1.807, 2.05) is 0 Å². The number of unbranched alkanes of at least 4 members (excludes halogenated alkanes) is 1. The van der Waals surface area contributed by atoms with E-state index in [1.165, 1.54) is 7.11 Å². The van der Waals surface area contributed by atoms with Gasteiger partial charge in [-0.05, 0) is 12.8 Å². The van der Waals surface area contributed by atoms with Crippen LogP contribution in [0.2, 0.25) is 0 Å². The van der Waals surface area contributed by atoms with Gasteiger partial charge < -0.3 is 19.7 Å². The van der Waals surface area contributed by atoms with E-state index in [0.29, 0.717) is 12.8 Å². The van der Waals surface area contributed by atoms with E-state index >= 15 is 0 Å². The Bertz CT molecular complexity index is 584. The summed E-state index contributed by atoms with van der Waals surface area (Å²) in [5, 5.41) is 28.4. The number of carbonyl (C=O) groups is 2. The molecular weight excluding hydrogens is 298 g/mol. The van der Waals surface area contributed by atoms with Gasteiger partial charge in [-0.25, -0.2) is 4.79 Å². The van der Waals surface area contributed by atoms with E-state index in [0.717, 1.165) is 12.1 Å². The molecule has 9 heteroatoms. The second-order valence-electron chi connectivity index (χ2n) is 4.28. The number of aliphatic carboxylic acids is 1. The highest BCUT2D eigenvalue weighted by Crippen LogP contribution is 2.34. The van der Waals surface area contributed by atoms with E-state index in [4.69, 9.17) is 19.7 Å². The Kier molecular flexibility index (Phi) is 6.11. The molecule has 0 atom stereocenters. The number of ether oxygens (including phenoxy) is 2. The van der Waals surface area contributed by atoms with E-state index in [2.05, 4.69) is 0 Å². The van der Waals surface area contributed by atoms with Crippen molar-refractivity contribution in [3.8, 4) is 11.5 Å². The van der Waals surface area contributed by atoms with Gasteiger partial charge in [-0.15, -0.1) is 0 Å². The molecule has 0 saturated heterocycles. The fourth-order valence-corrected chi connectivity index (χ4v) is 1.70. The van der Waals surface area contributed by atoms with Gasteiger partial charge >= 0.3 is 11.9 Å². The van der Waals surface area contributed by atoms with Crippen molar-refractivity contribution in [2.24, 2.45) is 0 Å². The van der Waals surface area contributed by atoms with Crippen molar-refractivity contribution in [3.63, 3.8) is 0 Å². The van der Waals surface area contributed by atoms with Crippen LogP contribution in [0.4, 0.5) is 5.69 Å². The molecule has 0 spiro atoms. The Hall–Kier alpha value is -2.84. The number of hydrogen-bond acceptors (Lipinski definition) is 6. The fourth-order valence-electron chi connectivity index (χ4n) is 1.70. The van der Waals surface area contributed by atoms with Gasteiger partial charge in [0.1, 0.15) is 5.56 Å². The first-order valence-corrected chi connectivity index (χ1v) is 6.31. The van der Waals surface area contributed by atoms with Gasteiger partial charge in [-0.1, -0.05) is 0 Å². The maximum absolute atomic E-state index is 11.0. The van der Waals surface area contributed by atoms with Crippen LogP contribution in [0.15, 0.2) is 12.1 Å². The zero-order chi connectivity index (χ0) is 16.7. The number of hydrogen-bond donors (Lipinski definition) is 2. The lowest BCUT2D eigenvalue weighted by atomic mass is 10.1. The summed E-state index contributed by atoms with van der Waals surface area (Å²) in [4.78, 5) is 31.5. The number of aromatic carboxylic acids is 1. The van der Waals surface area contributed by atoms with Crippen LogP contribution in [0.3, 0.4) is 0 Å². The SMILES string of the molecule is COc1cc(C(=O)O)c([N+](=O)[O-])cc1OCCCCC(=O)O. The third kappa shape index (κ3) is 4.62. The maximum Gasteiger partial charge on any atom is 0.342 e. The number of benzene rings is 1. The summed E-state index contributed by atoms with van der Waals surface area (Å²) < 4.78 is 10.3. The molecule has 0 amide bonds. The average Bonchev–Trinajstić information content (AvgIpc) is 2.45. The van der Waals surface area contributed by atoms with Gasteiger partial charge in [-0.3, -0.25) is 14.9 Å². The first-order chi connectivity index (χ1) is 10.4. The second-order valence-corrected chi connectivity index (χ2v) is 4.28. The second kappa shape index (κ2) is 7.81. The Morgan fingerprint density at radius 3 is 2.41 bits per heavy atom. The molecule has 0 aliphatic rings. The zero-order valence-corrected chi connectivity index (χ0v) is 11.8. The van der Waals surface area contributed by atoms with Crippen molar-refractivity contribution in [2.45, 2.75) is 19.3 Å². The molecule has 0 aliphatic heterocycles. The predicted molar refractivity (Wildman–Crippen MR) is 73.6 cm³/mol. The first kappa shape index (κ1) is 17.2. The van der Waals surface area contributed by atoms with Gasteiger partial charge in [-0.2, -0.15) is 0 Å². The van der Waals surface area contributed by atoms with Crippen LogP contribution in [0.1, 0.15) is 29.6 Å². The topological polar surface area (TPSA) is 136 Å². The predicted octanol–water partition coefficient (Wildman–Crippen LogP) is 1.94. The smallest absolute Gasteiger partial charge is 0.342 e. The van der Waals surface area contributed by atoms with Crippen LogP contribution in [-0.4, -0.2) is 40.8 Å². The molecule has 0 saturated carbocycles. The highest BCUT2D eigenvalue weighted by atomic mass is 16.6. The van der Waals surface area contributed by atoms with Gasteiger partial charge in [0.15, 0.2) is 11.5 Å². The summed E-state index contributed by atoms with van der Waals surface area (Å²) in [7, 11) is 1.28. The quantitative estimate of drug-likeness (QED) is 0.401. The molecule has 0 fully saturated rings. The summed E-state index contributed by atoms with van der Waals surface area (Å²) in [6.45, 7) is 0.132. The van der Waals surface area contributed by atoms with Crippen molar-refractivity contribution >= 4 is 17.6 Å². The highest BCUT2D eigenvalue weighted by Gasteiger charge is 2.24. The molecular formula is C13H15NO8. The Balaban J connectivity index is 2.89. The number of nitrogens with zero attached hydrogens (tertiary/aromatic N) is 1. The Morgan fingerprint density at radius 2 is 1.91 bits per heavy atom. The molecule has 2 N–H and O–H groups in total. The van der Waals surface area contributed by atoms with Crippen LogP contribution in [-0.2, 0) is 4.79 Å². The van der Waals surface area contributed by atoms with E-state index in [1.54, 1.807) is 0 Å². The van der Waals surface area contributed by atoms with E-state index in [9.17, 15) is 19.7 Å². The molecule has 0 bridgehead atoms. The molecule has 0 unspecified atom stereocenters. The van der Waals surface area contributed by atoms with Gasteiger partial charge in [0.05, 0.1) is 24.7 Å². The molecule has 0 radical (unpaired) electrons. The summed E-state index contributed by atoms with van der Waals surface area (Å²) in [6.07, 6.45) is 0.829. The summed E-state index contributed by atoms with van der Waals surface area (Å²) in [5.74, 6) is -2.27. The molecule has 1 aromatic rings. The minimum Gasteiger partial charge on any atom is -0.493 e. The number of rotatable bonds is 9. The molecule has 1 rings (SSSR count). The molecule has 0 aromatic heterocycles. The minimum absolute atomic E-state index is 0.00139. The first-order valence-electron chi connectivity index (χ1n) is 6.31. The lowest BCUT2D eigenvalue weighted by Crippen LogP contribution is -2.06. The fraction of sp³-hybridized carbons (Fsp3) is 0.385. The van der Waals surface area contributed by atoms with Crippen LogP contribution in [0.25, 0.3) is 0 Å². The van der Waals surface area contributed by atoms with Gasteiger partial charge in [0.25, 0.3) is 5.69 Å². The molecule has 22 heavy (non-hydrogen) atoms. The van der Waals surface area contributed by atoms with Crippen LogP contribution in [0, 0.1) is 10.1 Å².